The number of aliphatic carboxylic acids is 1. The van der Waals surface area contributed by atoms with Gasteiger partial charge < -0.3 is 14.6 Å². The third kappa shape index (κ3) is 3.37. The lowest BCUT2D eigenvalue weighted by Gasteiger charge is -2.14. The standard InChI is InChI=1S/C13H18O4/c1-4-10-11(16-2)7-9(5-6-13(14)15)8-12(10)17-3/h7-8H,4-6H2,1-3H3,(H,14,15). The molecule has 0 aliphatic heterocycles. The molecule has 0 aliphatic rings. The summed E-state index contributed by atoms with van der Waals surface area (Å²) in [6.07, 6.45) is 1.40. The number of benzene rings is 1. The molecule has 0 spiro atoms. The molecule has 0 aliphatic carbocycles. The second kappa shape index (κ2) is 6.13. The number of aryl methyl sites for hydroxylation is 1. The molecule has 1 aromatic carbocycles. The summed E-state index contributed by atoms with van der Waals surface area (Å²) in [5, 5.41) is 8.67. The highest BCUT2D eigenvalue weighted by atomic mass is 16.5. The molecule has 0 aromatic heterocycles. The number of carboxylic acids is 1. The highest BCUT2D eigenvalue weighted by Crippen LogP contribution is 2.31. The summed E-state index contributed by atoms with van der Waals surface area (Å²) >= 11 is 0. The highest BCUT2D eigenvalue weighted by molar-refractivity contribution is 5.67. The van der Waals surface area contributed by atoms with Crippen LogP contribution in [-0.2, 0) is 17.6 Å². The Morgan fingerprint density at radius 1 is 1.24 bits per heavy atom. The van der Waals surface area contributed by atoms with Crippen molar-refractivity contribution in [3.8, 4) is 11.5 Å². The van der Waals surface area contributed by atoms with Crippen LogP contribution in [0.5, 0.6) is 11.5 Å². The van der Waals surface area contributed by atoms with Gasteiger partial charge in [0.1, 0.15) is 11.5 Å². The van der Waals surface area contributed by atoms with E-state index in [-0.39, 0.29) is 6.42 Å². The number of hydrogen-bond donors (Lipinski definition) is 1. The number of carbonyl (C=O) groups is 1. The van der Waals surface area contributed by atoms with Crippen molar-refractivity contribution in [3.05, 3.63) is 23.3 Å². The first kappa shape index (κ1) is 13.4. The molecule has 94 valence electrons. The van der Waals surface area contributed by atoms with Crippen LogP contribution < -0.4 is 9.47 Å². The van der Waals surface area contributed by atoms with E-state index in [2.05, 4.69) is 0 Å². The molecule has 17 heavy (non-hydrogen) atoms. The second-order valence-electron chi connectivity index (χ2n) is 3.73. The maximum absolute atomic E-state index is 10.5. The van der Waals surface area contributed by atoms with Crippen molar-refractivity contribution in [2.75, 3.05) is 14.2 Å². The minimum Gasteiger partial charge on any atom is -0.496 e. The fraction of sp³-hybridized carbons (Fsp3) is 0.462. The van der Waals surface area contributed by atoms with Gasteiger partial charge in [0.25, 0.3) is 0 Å². The maximum Gasteiger partial charge on any atom is 0.303 e. The van der Waals surface area contributed by atoms with Crippen molar-refractivity contribution in [2.24, 2.45) is 0 Å². The van der Waals surface area contributed by atoms with Crippen LogP contribution in [0.2, 0.25) is 0 Å². The average Bonchev–Trinajstić information content (AvgIpc) is 2.34. The van der Waals surface area contributed by atoms with Crippen LogP contribution in [0.4, 0.5) is 0 Å². The van der Waals surface area contributed by atoms with Crippen molar-refractivity contribution < 1.29 is 19.4 Å². The first-order valence-electron chi connectivity index (χ1n) is 5.57. The van der Waals surface area contributed by atoms with Gasteiger partial charge in [-0.1, -0.05) is 6.92 Å². The largest absolute Gasteiger partial charge is 0.496 e. The zero-order valence-corrected chi connectivity index (χ0v) is 10.4. The van der Waals surface area contributed by atoms with E-state index in [4.69, 9.17) is 14.6 Å². The smallest absolute Gasteiger partial charge is 0.303 e. The quantitative estimate of drug-likeness (QED) is 0.826. The molecule has 0 saturated heterocycles. The van der Waals surface area contributed by atoms with E-state index in [0.29, 0.717) is 6.42 Å². The van der Waals surface area contributed by atoms with E-state index in [1.54, 1.807) is 14.2 Å². The summed E-state index contributed by atoms with van der Waals surface area (Å²) in [7, 11) is 3.21. The van der Waals surface area contributed by atoms with Gasteiger partial charge in [-0.15, -0.1) is 0 Å². The van der Waals surface area contributed by atoms with Crippen LogP contribution in [0, 0.1) is 0 Å². The van der Waals surface area contributed by atoms with Crippen molar-refractivity contribution in [1.29, 1.82) is 0 Å². The van der Waals surface area contributed by atoms with Gasteiger partial charge in [-0.2, -0.15) is 0 Å². The van der Waals surface area contributed by atoms with Gasteiger partial charge in [0.2, 0.25) is 0 Å². The lowest BCUT2D eigenvalue weighted by atomic mass is 10.0. The third-order valence-corrected chi connectivity index (χ3v) is 2.65. The van der Waals surface area contributed by atoms with E-state index in [1.807, 2.05) is 19.1 Å². The van der Waals surface area contributed by atoms with Crippen LogP contribution in [-0.4, -0.2) is 25.3 Å². The van der Waals surface area contributed by atoms with E-state index in [9.17, 15) is 4.79 Å². The number of ether oxygens (including phenoxy) is 2. The SMILES string of the molecule is CCc1c(OC)cc(CCC(=O)O)cc1OC. The lowest BCUT2D eigenvalue weighted by molar-refractivity contribution is -0.136. The van der Waals surface area contributed by atoms with E-state index in [1.165, 1.54) is 0 Å². The van der Waals surface area contributed by atoms with Crippen molar-refractivity contribution in [3.63, 3.8) is 0 Å². The highest BCUT2D eigenvalue weighted by Gasteiger charge is 2.11. The molecule has 0 unspecified atom stereocenters. The minimum absolute atomic E-state index is 0.109. The normalized spacial score (nSPS) is 10.1. The van der Waals surface area contributed by atoms with Gasteiger partial charge in [-0.05, 0) is 30.5 Å². The summed E-state index contributed by atoms with van der Waals surface area (Å²) in [4.78, 5) is 10.5. The van der Waals surface area contributed by atoms with Gasteiger partial charge >= 0.3 is 5.97 Å². The molecule has 0 amide bonds. The topological polar surface area (TPSA) is 55.8 Å². The fourth-order valence-corrected chi connectivity index (χ4v) is 1.78. The Bertz CT molecular complexity index is 373. The van der Waals surface area contributed by atoms with E-state index >= 15 is 0 Å². The van der Waals surface area contributed by atoms with Crippen LogP contribution >= 0.6 is 0 Å². The number of rotatable bonds is 6. The lowest BCUT2D eigenvalue weighted by Crippen LogP contribution is -2.01. The van der Waals surface area contributed by atoms with Crippen molar-refractivity contribution in [2.45, 2.75) is 26.2 Å². The van der Waals surface area contributed by atoms with E-state index < -0.39 is 5.97 Å². The molecule has 4 nitrogen and oxygen atoms in total. The Balaban J connectivity index is 3.04. The second-order valence-corrected chi connectivity index (χ2v) is 3.73. The first-order chi connectivity index (χ1) is 8.12. The third-order valence-electron chi connectivity index (χ3n) is 2.65. The molecule has 0 heterocycles. The summed E-state index contributed by atoms with van der Waals surface area (Å²) in [5.74, 6) is 0.710. The van der Waals surface area contributed by atoms with Gasteiger partial charge in [-0.25, -0.2) is 0 Å². The first-order valence-corrected chi connectivity index (χ1v) is 5.57. The van der Waals surface area contributed by atoms with E-state index in [0.717, 1.165) is 29.0 Å². The Hall–Kier alpha value is -1.71. The number of carboxylic acid groups (broad SMARTS) is 1. The Morgan fingerprint density at radius 3 is 2.12 bits per heavy atom. The van der Waals surface area contributed by atoms with Crippen molar-refractivity contribution >= 4 is 5.97 Å². The van der Waals surface area contributed by atoms with Gasteiger partial charge in [-0.3, -0.25) is 4.79 Å². The van der Waals surface area contributed by atoms with Crippen LogP contribution in [0.25, 0.3) is 0 Å². The van der Waals surface area contributed by atoms with Gasteiger partial charge in [0.05, 0.1) is 14.2 Å². The Labute approximate surface area is 101 Å². The van der Waals surface area contributed by atoms with Crippen LogP contribution in [0.15, 0.2) is 12.1 Å². The zero-order chi connectivity index (χ0) is 12.8. The van der Waals surface area contributed by atoms with Crippen molar-refractivity contribution in [1.82, 2.24) is 0 Å². The minimum atomic E-state index is -0.803. The summed E-state index contributed by atoms with van der Waals surface area (Å²) in [6, 6.07) is 3.76. The summed E-state index contributed by atoms with van der Waals surface area (Å²) in [5.41, 5.74) is 1.92. The number of methoxy groups -OCH3 is 2. The molecule has 0 atom stereocenters. The molecule has 1 N–H and O–H groups in total. The zero-order valence-electron chi connectivity index (χ0n) is 10.4. The predicted molar refractivity (Wildman–Crippen MR) is 64.9 cm³/mol. The molecular formula is C13H18O4. The summed E-state index contributed by atoms with van der Waals surface area (Å²) < 4.78 is 10.6. The molecule has 0 fully saturated rings. The number of hydrogen-bond acceptors (Lipinski definition) is 3. The van der Waals surface area contributed by atoms with Crippen LogP contribution in [0.3, 0.4) is 0 Å². The van der Waals surface area contributed by atoms with Gasteiger partial charge in [0, 0.05) is 12.0 Å². The van der Waals surface area contributed by atoms with Gasteiger partial charge in [0.15, 0.2) is 0 Å². The maximum atomic E-state index is 10.5. The fourth-order valence-electron chi connectivity index (χ4n) is 1.78. The monoisotopic (exact) mass is 238 g/mol. The Kier molecular flexibility index (Phi) is 4.82. The Morgan fingerprint density at radius 2 is 1.76 bits per heavy atom. The molecule has 4 heteroatoms. The molecule has 0 bridgehead atoms. The molecule has 1 rings (SSSR count). The molecular weight excluding hydrogens is 220 g/mol. The molecule has 1 aromatic rings. The summed E-state index contributed by atoms with van der Waals surface area (Å²) in [6.45, 7) is 2.03. The molecule has 0 saturated carbocycles. The van der Waals surface area contributed by atoms with Crippen LogP contribution in [0.1, 0.15) is 24.5 Å². The molecule has 0 radical (unpaired) electrons. The predicted octanol–water partition coefficient (Wildman–Crippen LogP) is 2.28. The average molecular weight is 238 g/mol.